The van der Waals surface area contributed by atoms with Crippen LogP contribution in [0.2, 0.25) is 0 Å². The number of anilines is 1. The Labute approximate surface area is 173 Å². The third kappa shape index (κ3) is 4.00. The van der Waals surface area contributed by atoms with Crippen LogP contribution in [0, 0.1) is 0 Å². The minimum atomic E-state index is -4.40. The second kappa shape index (κ2) is 7.90. The second-order valence-electron chi connectivity index (χ2n) is 7.91. The molecule has 0 N–H and O–H groups in total. The lowest BCUT2D eigenvalue weighted by Crippen LogP contribution is -2.36. The van der Waals surface area contributed by atoms with Crippen LogP contribution in [0.5, 0.6) is 0 Å². The van der Waals surface area contributed by atoms with Gasteiger partial charge in [-0.2, -0.15) is 13.2 Å². The summed E-state index contributed by atoms with van der Waals surface area (Å²) < 4.78 is 40.2. The average molecular weight is 422 g/mol. The Hall–Kier alpha value is -2.62. The third-order valence-corrected chi connectivity index (χ3v) is 5.85. The van der Waals surface area contributed by atoms with Crippen molar-refractivity contribution in [1.82, 2.24) is 24.3 Å². The number of imidazole rings is 1. The van der Waals surface area contributed by atoms with Crippen molar-refractivity contribution in [3.63, 3.8) is 0 Å². The molecule has 0 bridgehead atoms. The highest BCUT2D eigenvalue weighted by Crippen LogP contribution is 2.30. The van der Waals surface area contributed by atoms with Gasteiger partial charge >= 0.3 is 6.18 Å². The molecule has 2 aromatic rings. The van der Waals surface area contributed by atoms with Crippen LogP contribution >= 0.6 is 0 Å². The van der Waals surface area contributed by atoms with Crippen LogP contribution in [0.15, 0.2) is 18.3 Å². The Balaban J connectivity index is 1.51. The first-order chi connectivity index (χ1) is 14.2. The van der Waals surface area contributed by atoms with E-state index in [9.17, 15) is 18.0 Å². The Morgan fingerprint density at radius 3 is 2.57 bits per heavy atom. The fraction of sp³-hybridized carbons (Fsp3) is 0.550. The van der Waals surface area contributed by atoms with E-state index in [1.54, 1.807) is 0 Å². The van der Waals surface area contributed by atoms with E-state index in [-0.39, 0.29) is 5.91 Å². The quantitative estimate of drug-likeness (QED) is 0.743. The van der Waals surface area contributed by atoms with E-state index in [1.807, 2.05) is 21.4 Å². The Morgan fingerprint density at radius 1 is 1.07 bits per heavy atom. The predicted octanol–water partition coefficient (Wildman–Crippen LogP) is 2.17. The molecule has 0 radical (unpaired) electrons. The topological polar surface area (TPSA) is 57.5 Å². The van der Waals surface area contributed by atoms with Gasteiger partial charge in [0.15, 0.2) is 5.82 Å². The van der Waals surface area contributed by atoms with Gasteiger partial charge in [0.2, 0.25) is 0 Å². The lowest BCUT2D eigenvalue weighted by molar-refractivity contribution is -0.137. The predicted molar refractivity (Wildman–Crippen MR) is 105 cm³/mol. The van der Waals surface area contributed by atoms with Crippen molar-refractivity contribution >= 4 is 11.7 Å². The number of alkyl halides is 3. The summed E-state index contributed by atoms with van der Waals surface area (Å²) >= 11 is 0. The zero-order valence-electron chi connectivity index (χ0n) is 17.1. The first-order valence-corrected chi connectivity index (χ1v) is 10.0. The standard InChI is InChI=1S/C20H25F3N6O/c1-26-7-3-8-28(11-10-26)19(30)18-25-15-13-29(9-6-16(15)27(18)2)17-5-4-14(12-24-17)20(21,22)23/h4-5,12H,3,6-11,13H2,1-2H3. The van der Waals surface area contributed by atoms with Gasteiger partial charge in [-0.3, -0.25) is 4.79 Å². The average Bonchev–Trinajstić information content (AvgIpc) is 2.89. The molecule has 0 aliphatic carbocycles. The highest BCUT2D eigenvalue weighted by Gasteiger charge is 2.32. The van der Waals surface area contributed by atoms with Crippen LogP contribution in [0.4, 0.5) is 19.0 Å². The molecular formula is C20H25F3N6O. The number of halogens is 3. The number of hydrogen-bond donors (Lipinski definition) is 0. The maximum absolute atomic E-state index is 13.1. The van der Waals surface area contributed by atoms with Gasteiger partial charge in [0, 0.05) is 51.5 Å². The minimum absolute atomic E-state index is 0.0681. The normalized spacial score (nSPS) is 18.3. The van der Waals surface area contributed by atoms with Gasteiger partial charge in [-0.25, -0.2) is 9.97 Å². The Morgan fingerprint density at radius 2 is 1.87 bits per heavy atom. The molecule has 2 aromatic heterocycles. The van der Waals surface area contributed by atoms with Crippen molar-refractivity contribution < 1.29 is 18.0 Å². The number of carbonyl (C=O) groups excluding carboxylic acids is 1. The molecular weight excluding hydrogens is 397 g/mol. The molecule has 4 rings (SSSR count). The first kappa shape index (κ1) is 20.6. The van der Waals surface area contributed by atoms with Crippen molar-refractivity contribution in [1.29, 1.82) is 0 Å². The van der Waals surface area contributed by atoms with E-state index >= 15 is 0 Å². The molecule has 0 spiro atoms. The molecule has 0 aromatic carbocycles. The molecule has 1 saturated heterocycles. The number of carbonyl (C=O) groups is 1. The number of hydrogen-bond acceptors (Lipinski definition) is 5. The fourth-order valence-electron chi connectivity index (χ4n) is 4.05. The number of pyridine rings is 1. The van der Waals surface area contributed by atoms with Gasteiger partial charge in [0.05, 0.1) is 17.8 Å². The highest BCUT2D eigenvalue weighted by molar-refractivity contribution is 5.91. The second-order valence-corrected chi connectivity index (χ2v) is 7.91. The van der Waals surface area contributed by atoms with Crippen molar-refractivity contribution in [3.05, 3.63) is 41.1 Å². The number of rotatable bonds is 2. The monoisotopic (exact) mass is 422 g/mol. The molecule has 2 aliphatic rings. The van der Waals surface area contributed by atoms with Crippen LogP contribution in [-0.2, 0) is 26.2 Å². The molecule has 1 amide bonds. The summed E-state index contributed by atoms with van der Waals surface area (Å²) in [5.74, 6) is 0.830. The molecule has 30 heavy (non-hydrogen) atoms. The largest absolute Gasteiger partial charge is 0.417 e. The number of fused-ring (bicyclic) bond motifs is 1. The third-order valence-electron chi connectivity index (χ3n) is 5.85. The summed E-state index contributed by atoms with van der Waals surface area (Å²) in [6.07, 6.45) is -1.97. The van der Waals surface area contributed by atoms with Crippen LogP contribution in [0.3, 0.4) is 0 Å². The van der Waals surface area contributed by atoms with E-state index in [1.165, 1.54) is 6.07 Å². The van der Waals surface area contributed by atoms with Crippen LogP contribution < -0.4 is 4.90 Å². The number of amides is 1. The molecule has 1 fully saturated rings. The van der Waals surface area contributed by atoms with Gasteiger partial charge in [0.1, 0.15) is 5.82 Å². The molecule has 2 aliphatic heterocycles. The number of likely N-dealkylation sites (N-methyl/N-ethyl adjacent to an activating group) is 1. The van der Waals surface area contributed by atoms with E-state index in [0.29, 0.717) is 44.2 Å². The Kier molecular flexibility index (Phi) is 5.44. The molecule has 4 heterocycles. The summed E-state index contributed by atoms with van der Waals surface area (Å²) in [7, 11) is 3.91. The minimum Gasteiger partial charge on any atom is -0.350 e. The fourth-order valence-corrected chi connectivity index (χ4v) is 4.05. The van der Waals surface area contributed by atoms with Gasteiger partial charge in [-0.15, -0.1) is 0 Å². The van der Waals surface area contributed by atoms with Crippen molar-refractivity contribution in [2.75, 3.05) is 44.7 Å². The molecule has 162 valence electrons. The summed E-state index contributed by atoms with van der Waals surface area (Å²) in [4.78, 5) is 27.6. The molecule has 7 nitrogen and oxygen atoms in total. The summed E-state index contributed by atoms with van der Waals surface area (Å²) in [5.41, 5.74) is 1.01. The molecule has 0 unspecified atom stereocenters. The number of aromatic nitrogens is 3. The maximum atomic E-state index is 13.1. The van der Waals surface area contributed by atoms with Crippen LogP contribution in [0.25, 0.3) is 0 Å². The van der Waals surface area contributed by atoms with Crippen LogP contribution in [-0.4, -0.2) is 70.0 Å². The van der Waals surface area contributed by atoms with Gasteiger partial charge < -0.3 is 19.3 Å². The van der Waals surface area contributed by atoms with Crippen LogP contribution in [0.1, 0.15) is 34.0 Å². The maximum Gasteiger partial charge on any atom is 0.417 e. The van der Waals surface area contributed by atoms with Crippen molar-refractivity contribution in [2.24, 2.45) is 7.05 Å². The molecule has 0 atom stereocenters. The van der Waals surface area contributed by atoms with E-state index in [4.69, 9.17) is 0 Å². The lowest BCUT2D eigenvalue weighted by Gasteiger charge is -2.27. The smallest absolute Gasteiger partial charge is 0.350 e. The van der Waals surface area contributed by atoms with Crippen molar-refractivity contribution in [2.45, 2.75) is 25.6 Å². The summed E-state index contributed by atoms with van der Waals surface area (Å²) in [6.45, 7) is 4.21. The first-order valence-electron chi connectivity index (χ1n) is 10.0. The van der Waals surface area contributed by atoms with Gasteiger partial charge in [0.25, 0.3) is 5.91 Å². The molecule has 10 heteroatoms. The van der Waals surface area contributed by atoms with Crippen molar-refractivity contribution in [3.8, 4) is 0 Å². The SMILES string of the molecule is CN1CCCN(C(=O)c2nc3c(n2C)CCN(c2ccc(C(F)(F)F)cn2)C3)CC1. The van der Waals surface area contributed by atoms with Gasteiger partial charge in [-0.05, 0) is 32.1 Å². The zero-order chi connectivity index (χ0) is 21.5. The highest BCUT2D eigenvalue weighted by atomic mass is 19.4. The van der Waals surface area contributed by atoms with E-state index < -0.39 is 11.7 Å². The zero-order valence-corrected chi connectivity index (χ0v) is 17.1. The van der Waals surface area contributed by atoms with E-state index in [2.05, 4.69) is 21.9 Å². The van der Waals surface area contributed by atoms with E-state index in [0.717, 1.165) is 43.2 Å². The number of nitrogens with zero attached hydrogens (tertiary/aromatic N) is 6. The summed E-state index contributed by atoms with van der Waals surface area (Å²) in [6, 6.07) is 2.43. The Bertz CT molecular complexity index is 924. The summed E-state index contributed by atoms with van der Waals surface area (Å²) in [5, 5.41) is 0. The molecule has 0 saturated carbocycles. The van der Waals surface area contributed by atoms with Gasteiger partial charge in [-0.1, -0.05) is 0 Å². The lowest BCUT2D eigenvalue weighted by atomic mass is 10.1.